The first kappa shape index (κ1) is 18.4. The van der Waals surface area contributed by atoms with Crippen LogP contribution in [0.1, 0.15) is 17.0 Å². The van der Waals surface area contributed by atoms with Crippen LogP contribution in [0.4, 0.5) is 0 Å². The molecule has 144 valence electrons. The van der Waals surface area contributed by atoms with E-state index < -0.39 is 6.10 Å². The second-order valence-electron chi connectivity index (χ2n) is 7.66. The molecule has 4 rings (SSSR count). The molecule has 27 heavy (non-hydrogen) atoms. The lowest BCUT2D eigenvalue weighted by atomic mass is 9.95. The molecule has 2 aromatic rings. The number of nitrogens with zero attached hydrogens (tertiary/aromatic N) is 1. The van der Waals surface area contributed by atoms with E-state index in [0.717, 1.165) is 17.9 Å². The van der Waals surface area contributed by atoms with Gasteiger partial charge in [-0.1, -0.05) is 48.5 Å². The summed E-state index contributed by atoms with van der Waals surface area (Å²) in [6.45, 7) is 2.38. The minimum Gasteiger partial charge on any atom is -0.491 e. The van der Waals surface area contributed by atoms with Crippen molar-refractivity contribution < 1.29 is 20.1 Å². The van der Waals surface area contributed by atoms with E-state index in [1.165, 1.54) is 5.56 Å². The van der Waals surface area contributed by atoms with E-state index in [9.17, 15) is 10.2 Å². The van der Waals surface area contributed by atoms with Crippen LogP contribution in [0.25, 0.3) is 0 Å². The molecule has 0 bridgehead atoms. The number of benzene rings is 2. The first-order valence-corrected chi connectivity index (χ1v) is 9.58. The number of aliphatic hydroxyl groups is 3. The highest BCUT2D eigenvalue weighted by atomic mass is 16.5. The van der Waals surface area contributed by atoms with E-state index in [1.54, 1.807) is 0 Å². The van der Waals surface area contributed by atoms with Crippen LogP contribution in [0.15, 0.2) is 54.6 Å². The molecule has 0 amide bonds. The highest BCUT2D eigenvalue weighted by molar-refractivity contribution is 5.37. The number of aliphatic hydroxyl groups excluding tert-OH is 3. The maximum atomic E-state index is 10.9. The molecular weight excluding hydrogens is 342 g/mol. The summed E-state index contributed by atoms with van der Waals surface area (Å²) in [5.41, 5.74) is 1.98. The zero-order valence-corrected chi connectivity index (χ0v) is 15.4. The smallest absolute Gasteiger partial charge is 0.123 e. The summed E-state index contributed by atoms with van der Waals surface area (Å²) < 4.78 is 5.64. The monoisotopic (exact) mass is 369 g/mol. The van der Waals surface area contributed by atoms with Crippen LogP contribution in [0.3, 0.4) is 0 Å². The minimum absolute atomic E-state index is 0.0171. The van der Waals surface area contributed by atoms with Crippen molar-refractivity contribution in [2.75, 3.05) is 32.9 Å². The number of likely N-dealkylation sites (tertiary alicyclic amines) is 1. The average Bonchev–Trinajstić information content (AvgIpc) is 3.24. The Hall–Kier alpha value is -1.92. The van der Waals surface area contributed by atoms with Crippen molar-refractivity contribution in [3.05, 3.63) is 65.7 Å². The normalized spacial score (nSPS) is 30.0. The summed E-state index contributed by atoms with van der Waals surface area (Å²) in [6, 6.07) is 18.0. The largest absolute Gasteiger partial charge is 0.491 e. The van der Waals surface area contributed by atoms with Gasteiger partial charge in [0.15, 0.2) is 0 Å². The van der Waals surface area contributed by atoms with Gasteiger partial charge in [-0.3, -0.25) is 4.90 Å². The van der Waals surface area contributed by atoms with E-state index in [2.05, 4.69) is 17.0 Å². The van der Waals surface area contributed by atoms with Crippen molar-refractivity contribution in [2.45, 2.75) is 18.6 Å². The molecule has 1 aliphatic carbocycles. The second-order valence-corrected chi connectivity index (χ2v) is 7.66. The first-order valence-electron chi connectivity index (χ1n) is 9.58. The zero-order chi connectivity index (χ0) is 18.9. The van der Waals surface area contributed by atoms with Gasteiger partial charge in [0.05, 0.1) is 12.7 Å². The van der Waals surface area contributed by atoms with Gasteiger partial charge in [-0.05, 0) is 23.5 Å². The fourth-order valence-electron chi connectivity index (χ4n) is 4.95. The topological polar surface area (TPSA) is 73.2 Å². The molecule has 1 spiro atoms. The van der Waals surface area contributed by atoms with Crippen molar-refractivity contribution in [2.24, 2.45) is 11.3 Å². The van der Waals surface area contributed by atoms with Gasteiger partial charge in [-0.15, -0.1) is 0 Å². The molecule has 4 atom stereocenters. The van der Waals surface area contributed by atoms with Crippen molar-refractivity contribution >= 4 is 0 Å². The number of ether oxygens (including phenoxy) is 1. The maximum absolute atomic E-state index is 10.9. The first-order chi connectivity index (χ1) is 13.2. The maximum Gasteiger partial charge on any atom is 0.123 e. The molecular formula is C22H27NO4. The molecule has 1 heterocycles. The standard InChI is InChI=1S/C22H27NO4/c24-10-11-27-19-9-5-4-8-17(19)12-23-13-20(26)22(15-23)18(14-25)21(22)16-6-2-1-3-7-16/h1-9,18,20-21,24-26H,10-15H2/t18-,20-,21-,22-/m1/s1. The van der Waals surface area contributed by atoms with E-state index in [-0.39, 0.29) is 37.1 Å². The Bertz CT molecular complexity index is 768. The van der Waals surface area contributed by atoms with Gasteiger partial charge in [0.1, 0.15) is 12.4 Å². The van der Waals surface area contributed by atoms with Crippen molar-refractivity contribution in [3.8, 4) is 5.75 Å². The Kier molecular flexibility index (Phi) is 5.19. The molecule has 3 N–H and O–H groups in total. The fourth-order valence-corrected chi connectivity index (χ4v) is 4.95. The van der Waals surface area contributed by atoms with Gasteiger partial charge in [0.2, 0.25) is 0 Å². The van der Waals surface area contributed by atoms with Gasteiger partial charge < -0.3 is 20.1 Å². The van der Waals surface area contributed by atoms with E-state index >= 15 is 0 Å². The van der Waals surface area contributed by atoms with Crippen LogP contribution < -0.4 is 4.74 Å². The summed E-state index contributed by atoms with van der Waals surface area (Å²) in [7, 11) is 0. The van der Waals surface area contributed by atoms with Gasteiger partial charge in [0, 0.05) is 37.2 Å². The van der Waals surface area contributed by atoms with Crippen LogP contribution in [0.2, 0.25) is 0 Å². The minimum atomic E-state index is -0.453. The Morgan fingerprint density at radius 3 is 2.52 bits per heavy atom. The predicted molar refractivity (Wildman–Crippen MR) is 102 cm³/mol. The van der Waals surface area contributed by atoms with Crippen molar-refractivity contribution in [1.29, 1.82) is 0 Å². The fraction of sp³-hybridized carbons (Fsp3) is 0.455. The molecule has 2 aliphatic rings. The van der Waals surface area contributed by atoms with Gasteiger partial charge in [-0.2, -0.15) is 0 Å². The van der Waals surface area contributed by atoms with E-state index in [1.807, 2.05) is 42.5 Å². The van der Waals surface area contributed by atoms with Crippen molar-refractivity contribution in [1.82, 2.24) is 4.90 Å². The number of hydrogen-bond donors (Lipinski definition) is 3. The molecule has 5 nitrogen and oxygen atoms in total. The third-order valence-corrected chi connectivity index (χ3v) is 6.18. The molecule has 2 aromatic carbocycles. The lowest BCUT2D eigenvalue weighted by Crippen LogP contribution is -2.23. The van der Waals surface area contributed by atoms with Crippen LogP contribution in [0, 0.1) is 11.3 Å². The molecule has 2 fully saturated rings. The van der Waals surface area contributed by atoms with Crippen LogP contribution >= 0.6 is 0 Å². The van der Waals surface area contributed by atoms with Crippen LogP contribution in [-0.4, -0.2) is 59.2 Å². The van der Waals surface area contributed by atoms with E-state index in [0.29, 0.717) is 13.1 Å². The Morgan fingerprint density at radius 1 is 1.04 bits per heavy atom. The summed E-state index contributed by atoms with van der Waals surface area (Å²) >= 11 is 0. The number of para-hydroxylation sites is 1. The Balaban J connectivity index is 1.51. The van der Waals surface area contributed by atoms with Crippen molar-refractivity contribution in [3.63, 3.8) is 0 Å². The lowest BCUT2D eigenvalue weighted by molar-refractivity contribution is 0.111. The third-order valence-electron chi connectivity index (χ3n) is 6.18. The molecule has 1 saturated heterocycles. The molecule has 1 saturated carbocycles. The molecule has 1 aliphatic heterocycles. The lowest BCUT2D eigenvalue weighted by Gasteiger charge is -2.18. The molecule has 0 unspecified atom stereocenters. The summed E-state index contributed by atoms with van der Waals surface area (Å²) in [5.74, 6) is 1.07. The quantitative estimate of drug-likeness (QED) is 0.692. The van der Waals surface area contributed by atoms with Gasteiger partial charge in [-0.25, -0.2) is 0 Å². The van der Waals surface area contributed by atoms with Gasteiger partial charge in [0.25, 0.3) is 0 Å². The van der Waals surface area contributed by atoms with Crippen LogP contribution in [-0.2, 0) is 6.54 Å². The summed E-state index contributed by atoms with van der Waals surface area (Å²) in [6.07, 6.45) is -0.453. The summed E-state index contributed by atoms with van der Waals surface area (Å²) in [5, 5.41) is 29.8. The number of hydrogen-bond acceptors (Lipinski definition) is 5. The second kappa shape index (κ2) is 7.60. The SMILES string of the molecule is OCCOc1ccccc1CN1C[C@@H](O)[C@@]2(C1)[C@H](CO)[C@H]2c1ccccc1. The third kappa shape index (κ3) is 3.25. The highest BCUT2D eigenvalue weighted by Crippen LogP contribution is 2.68. The van der Waals surface area contributed by atoms with Gasteiger partial charge >= 0.3 is 0 Å². The molecule has 5 heteroatoms. The zero-order valence-electron chi connectivity index (χ0n) is 15.4. The highest BCUT2D eigenvalue weighted by Gasteiger charge is 2.70. The van der Waals surface area contributed by atoms with E-state index in [4.69, 9.17) is 9.84 Å². The predicted octanol–water partition coefficient (Wildman–Crippen LogP) is 1.63. The number of β-amino-alcohol motifs (C(OH)–C–C–N with tert-alkyl or cyclic N) is 1. The van der Waals surface area contributed by atoms with Crippen LogP contribution in [0.5, 0.6) is 5.75 Å². The number of rotatable bonds is 7. The Morgan fingerprint density at radius 2 is 1.78 bits per heavy atom. The Labute approximate surface area is 159 Å². The summed E-state index contributed by atoms with van der Waals surface area (Å²) in [4.78, 5) is 2.25. The average molecular weight is 369 g/mol. The molecule has 0 aromatic heterocycles. The molecule has 0 radical (unpaired) electrons.